The van der Waals surface area contributed by atoms with Crippen LogP contribution in [-0.4, -0.2) is 59.2 Å². The number of likely N-dealkylation sites (tertiary alicyclic amines) is 1. The Morgan fingerprint density at radius 3 is 2.12 bits per heavy atom. The molecule has 5 nitrogen and oxygen atoms in total. The van der Waals surface area contributed by atoms with E-state index in [0.717, 1.165) is 31.4 Å². The second-order valence-corrected chi connectivity index (χ2v) is 13.1. The number of nitrogens with zero attached hydrogens (tertiary/aromatic N) is 2. The number of hydrogen-bond acceptors (Lipinski definition) is 4. The average Bonchev–Trinajstić information content (AvgIpc) is 3.17. The minimum atomic E-state index is -0.409. The zero-order valence-corrected chi connectivity index (χ0v) is 21.4. The molecule has 0 N–H and O–H groups in total. The fourth-order valence-electron chi connectivity index (χ4n) is 6.20. The predicted octanol–water partition coefficient (Wildman–Crippen LogP) is 4.72. The summed E-state index contributed by atoms with van der Waals surface area (Å²) in [6.07, 6.45) is 7.51. The van der Waals surface area contributed by atoms with Gasteiger partial charge in [-0.25, -0.2) is 0 Å². The maximum atomic E-state index is 13.6. The minimum absolute atomic E-state index is 0.277. The van der Waals surface area contributed by atoms with Gasteiger partial charge in [0.15, 0.2) is 0 Å². The molecule has 3 heterocycles. The molecule has 176 valence electrons. The van der Waals surface area contributed by atoms with Crippen molar-refractivity contribution < 1.29 is 14.1 Å². The number of allylic oxidation sites excluding steroid dienone is 2. The fourth-order valence-corrected chi connectivity index (χ4v) is 6.20. The number of rotatable bonds is 3. The highest BCUT2D eigenvalue weighted by Gasteiger charge is 2.55. The standard InChI is InChI=1S/C26H41BN2O3/c1-23(2)11-12-28(16-23)18-14-19(15-18)29-21-13-17(9-10-20(21)24(3,4)22(29)30)27-31-25(5,6)26(7,8)32-27/h13,18-19H,9-12,14-16H2,1-8H3. The van der Waals surface area contributed by atoms with Gasteiger partial charge >= 0.3 is 7.12 Å². The Balaban J connectivity index is 1.36. The molecule has 1 amide bonds. The second kappa shape index (κ2) is 6.96. The lowest BCUT2D eigenvalue weighted by atomic mass is 9.70. The minimum Gasteiger partial charge on any atom is -0.400 e. The van der Waals surface area contributed by atoms with Crippen molar-refractivity contribution in [1.29, 1.82) is 0 Å². The summed E-state index contributed by atoms with van der Waals surface area (Å²) in [7, 11) is -0.323. The average molecular weight is 440 g/mol. The summed E-state index contributed by atoms with van der Waals surface area (Å²) < 4.78 is 12.7. The molecule has 0 radical (unpaired) electrons. The third-order valence-electron chi connectivity index (χ3n) is 9.30. The first kappa shape index (κ1) is 22.7. The van der Waals surface area contributed by atoms with E-state index in [1.165, 1.54) is 30.6 Å². The van der Waals surface area contributed by atoms with Crippen LogP contribution >= 0.6 is 0 Å². The SMILES string of the molecule is CC1(C)CCN(C2CC(N3C(=O)C(C)(C)C4=C3C=C(B3OC(C)(C)C(C)(C)O3)CC4)C2)C1. The van der Waals surface area contributed by atoms with Crippen molar-refractivity contribution >= 4 is 13.0 Å². The molecule has 1 saturated carbocycles. The first-order chi connectivity index (χ1) is 14.7. The number of amides is 1. The van der Waals surface area contributed by atoms with Gasteiger partial charge in [0.2, 0.25) is 5.91 Å². The number of carbonyl (C=O) groups excluding carboxylic acids is 1. The molecule has 2 aliphatic carbocycles. The summed E-state index contributed by atoms with van der Waals surface area (Å²) in [5.74, 6) is 0.277. The van der Waals surface area contributed by atoms with E-state index in [2.05, 4.69) is 71.3 Å². The van der Waals surface area contributed by atoms with E-state index in [4.69, 9.17) is 9.31 Å². The molecule has 0 unspecified atom stereocenters. The summed E-state index contributed by atoms with van der Waals surface area (Å²) in [4.78, 5) is 18.4. The van der Waals surface area contributed by atoms with Crippen LogP contribution < -0.4 is 0 Å². The molecular weight excluding hydrogens is 399 g/mol. The maximum absolute atomic E-state index is 13.6. The molecular formula is C26H41BN2O3. The molecule has 0 aromatic rings. The monoisotopic (exact) mass is 440 g/mol. The molecule has 3 fully saturated rings. The van der Waals surface area contributed by atoms with Gasteiger partial charge < -0.3 is 14.2 Å². The van der Waals surface area contributed by atoms with Crippen LogP contribution in [0.25, 0.3) is 0 Å². The Bertz CT molecular complexity index is 879. The zero-order valence-electron chi connectivity index (χ0n) is 21.4. The Hall–Kier alpha value is -1.11. The highest BCUT2D eigenvalue weighted by atomic mass is 16.7. The van der Waals surface area contributed by atoms with E-state index in [9.17, 15) is 4.79 Å². The first-order valence-electron chi connectivity index (χ1n) is 12.6. The van der Waals surface area contributed by atoms with Crippen LogP contribution in [-0.2, 0) is 14.1 Å². The molecule has 3 aliphatic heterocycles. The van der Waals surface area contributed by atoms with Crippen LogP contribution in [0.2, 0.25) is 0 Å². The smallest absolute Gasteiger partial charge is 0.400 e. The molecule has 2 saturated heterocycles. The molecule has 5 rings (SSSR count). The Kier molecular flexibility index (Phi) is 4.93. The lowest BCUT2D eigenvalue weighted by molar-refractivity contribution is -0.138. The molecule has 0 atom stereocenters. The zero-order chi connectivity index (χ0) is 23.3. The van der Waals surface area contributed by atoms with Gasteiger partial charge in [-0.1, -0.05) is 13.8 Å². The summed E-state index contributed by atoms with van der Waals surface area (Å²) in [6, 6.07) is 0.939. The van der Waals surface area contributed by atoms with Crippen molar-refractivity contribution in [2.45, 2.75) is 111 Å². The van der Waals surface area contributed by atoms with E-state index in [-0.39, 0.29) is 24.2 Å². The highest BCUT2D eigenvalue weighted by Crippen LogP contribution is 2.51. The normalized spacial score (nSPS) is 35.2. The highest BCUT2D eigenvalue weighted by molar-refractivity contribution is 6.54. The summed E-state index contributed by atoms with van der Waals surface area (Å²) in [5, 5.41) is 0. The van der Waals surface area contributed by atoms with Crippen molar-refractivity contribution in [3.63, 3.8) is 0 Å². The quantitative estimate of drug-likeness (QED) is 0.596. The van der Waals surface area contributed by atoms with Crippen LogP contribution in [0.4, 0.5) is 0 Å². The molecule has 0 spiro atoms. The van der Waals surface area contributed by atoms with E-state index in [0.29, 0.717) is 17.5 Å². The van der Waals surface area contributed by atoms with Gasteiger partial charge in [0, 0.05) is 24.3 Å². The van der Waals surface area contributed by atoms with Gasteiger partial charge in [-0.3, -0.25) is 9.69 Å². The summed E-state index contributed by atoms with van der Waals surface area (Å²) in [6.45, 7) is 19.7. The van der Waals surface area contributed by atoms with E-state index in [1.54, 1.807) is 0 Å². The molecule has 5 aliphatic rings. The molecule has 0 bridgehead atoms. The largest absolute Gasteiger partial charge is 0.490 e. The van der Waals surface area contributed by atoms with Crippen molar-refractivity contribution in [2.75, 3.05) is 13.1 Å². The lowest BCUT2D eigenvalue weighted by Gasteiger charge is -2.46. The van der Waals surface area contributed by atoms with Gasteiger partial charge in [0.25, 0.3) is 0 Å². The Morgan fingerprint density at radius 1 is 0.938 bits per heavy atom. The van der Waals surface area contributed by atoms with E-state index in [1.807, 2.05) is 0 Å². The third kappa shape index (κ3) is 3.35. The van der Waals surface area contributed by atoms with Crippen LogP contribution in [0.3, 0.4) is 0 Å². The van der Waals surface area contributed by atoms with Crippen molar-refractivity contribution in [3.05, 3.63) is 22.8 Å². The predicted molar refractivity (Wildman–Crippen MR) is 128 cm³/mol. The summed E-state index contributed by atoms with van der Waals surface area (Å²) in [5.41, 5.74) is 2.94. The molecule has 6 heteroatoms. The Labute approximate surface area is 194 Å². The van der Waals surface area contributed by atoms with Gasteiger partial charge in [0.1, 0.15) is 0 Å². The van der Waals surface area contributed by atoms with Crippen LogP contribution in [0, 0.1) is 10.8 Å². The van der Waals surface area contributed by atoms with Gasteiger partial charge in [0.05, 0.1) is 16.6 Å². The molecule has 32 heavy (non-hydrogen) atoms. The maximum Gasteiger partial charge on any atom is 0.490 e. The van der Waals surface area contributed by atoms with Gasteiger partial charge in [-0.15, -0.1) is 0 Å². The fraction of sp³-hybridized carbons (Fsp3) is 0.808. The molecule has 0 aromatic carbocycles. The number of carbonyl (C=O) groups is 1. The Morgan fingerprint density at radius 2 is 1.56 bits per heavy atom. The number of hydrogen-bond donors (Lipinski definition) is 0. The first-order valence-corrected chi connectivity index (χ1v) is 12.6. The van der Waals surface area contributed by atoms with E-state index < -0.39 is 5.41 Å². The van der Waals surface area contributed by atoms with Crippen LogP contribution in [0.1, 0.15) is 87.5 Å². The van der Waals surface area contributed by atoms with Crippen molar-refractivity contribution in [1.82, 2.24) is 9.80 Å². The lowest BCUT2D eigenvalue weighted by Crippen LogP contribution is -2.54. The van der Waals surface area contributed by atoms with Crippen LogP contribution in [0.15, 0.2) is 22.8 Å². The van der Waals surface area contributed by atoms with Crippen LogP contribution in [0.5, 0.6) is 0 Å². The topological polar surface area (TPSA) is 42.0 Å². The van der Waals surface area contributed by atoms with Gasteiger partial charge in [-0.05, 0) is 103 Å². The summed E-state index contributed by atoms with van der Waals surface area (Å²) >= 11 is 0. The van der Waals surface area contributed by atoms with Crippen molar-refractivity contribution in [3.8, 4) is 0 Å². The second-order valence-electron chi connectivity index (χ2n) is 13.1. The third-order valence-corrected chi connectivity index (χ3v) is 9.30. The van der Waals surface area contributed by atoms with E-state index >= 15 is 0 Å². The van der Waals surface area contributed by atoms with Crippen molar-refractivity contribution in [2.24, 2.45) is 10.8 Å². The molecule has 0 aromatic heterocycles. The van der Waals surface area contributed by atoms with Gasteiger partial charge in [-0.2, -0.15) is 0 Å².